The van der Waals surface area contributed by atoms with Crippen molar-refractivity contribution in [3.8, 4) is 0 Å². The van der Waals surface area contributed by atoms with E-state index in [4.69, 9.17) is 15.5 Å². The molecule has 2 aliphatic heterocycles. The summed E-state index contributed by atoms with van der Waals surface area (Å²) < 4.78 is 5.38. The fourth-order valence-electron chi connectivity index (χ4n) is 3.73. The van der Waals surface area contributed by atoms with Crippen molar-refractivity contribution in [3.05, 3.63) is 17.5 Å². The number of morpholine rings is 1. The molecule has 7 nitrogen and oxygen atoms in total. The summed E-state index contributed by atoms with van der Waals surface area (Å²) in [5.74, 6) is 0.305. The Hall–Kier alpha value is -1.73. The Morgan fingerprint density at radius 3 is 2.71 bits per heavy atom. The monoisotopic (exact) mass is 331 g/mol. The summed E-state index contributed by atoms with van der Waals surface area (Å²) in [4.78, 5) is 25.4. The smallest absolute Gasteiger partial charge is 0.252 e. The molecule has 3 heterocycles. The van der Waals surface area contributed by atoms with Gasteiger partial charge in [0.15, 0.2) is 0 Å². The second-order valence-corrected chi connectivity index (χ2v) is 7.27. The van der Waals surface area contributed by atoms with E-state index in [9.17, 15) is 4.79 Å². The number of carbonyl (C=O) groups excluding carboxylic acids is 1. The molecule has 3 aliphatic rings. The number of nitrogens with two attached hydrogens (primary N) is 1. The van der Waals surface area contributed by atoms with Gasteiger partial charge in [0.05, 0.1) is 24.5 Å². The van der Waals surface area contributed by atoms with Gasteiger partial charge in [-0.2, -0.15) is 0 Å². The lowest BCUT2D eigenvalue weighted by molar-refractivity contribution is 0.0383. The third kappa shape index (κ3) is 3.23. The summed E-state index contributed by atoms with van der Waals surface area (Å²) in [6.07, 6.45) is 6.21. The molecule has 0 bridgehead atoms. The molecule has 1 saturated carbocycles. The topological polar surface area (TPSA) is 84.6 Å². The van der Waals surface area contributed by atoms with E-state index in [1.165, 1.54) is 19.3 Å². The third-order valence-corrected chi connectivity index (χ3v) is 5.57. The van der Waals surface area contributed by atoms with Crippen molar-refractivity contribution in [2.24, 2.45) is 11.1 Å². The SMILES string of the molecule is NC(=O)c1cnc(N2CCC3(CC3)C2)nc1CCN1CCOCC1. The van der Waals surface area contributed by atoms with Crippen molar-refractivity contribution in [2.45, 2.75) is 25.7 Å². The van der Waals surface area contributed by atoms with Crippen molar-refractivity contribution in [1.82, 2.24) is 14.9 Å². The number of hydrogen-bond acceptors (Lipinski definition) is 6. The molecule has 24 heavy (non-hydrogen) atoms. The van der Waals surface area contributed by atoms with E-state index < -0.39 is 5.91 Å². The van der Waals surface area contributed by atoms with Gasteiger partial charge >= 0.3 is 0 Å². The van der Waals surface area contributed by atoms with Gasteiger partial charge in [-0.25, -0.2) is 9.97 Å². The lowest BCUT2D eigenvalue weighted by Gasteiger charge is -2.26. The predicted octanol–water partition coefficient (Wildman–Crippen LogP) is 0.441. The Labute approximate surface area is 142 Å². The number of aromatic nitrogens is 2. The van der Waals surface area contributed by atoms with Crippen LogP contribution in [0.4, 0.5) is 5.95 Å². The third-order valence-electron chi connectivity index (χ3n) is 5.57. The highest BCUT2D eigenvalue weighted by atomic mass is 16.5. The van der Waals surface area contributed by atoms with E-state index in [-0.39, 0.29) is 0 Å². The maximum atomic E-state index is 11.7. The van der Waals surface area contributed by atoms with E-state index in [1.807, 2.05) is 0 Å². The molecule has 0 aromatic carbocycles. The van der Waals surface area contributed by atoms with Crippen LogP contribution in [0.1, 0.15) is 35.3 Å². The van der Waals surface area contributed by atoms with Crippen molar-refractivity contribution >= 4 is 11.9 Å². The van der Waals surface area contributed by atoms with Crippen LogP contribution in [0.15, 0.2) is 6.20 Å². The Bertz CT molecular complexity index is 625. The Balaban J connectivity index is 1.49. The first kappa shape index (κ1) is 15.8. The lowest BCUT2D eigenvalue weighted by Crippen LogP contribution is -2.37. The first-order valence-corrected chi connectivity index (χ1v) is 8.86. The van der Waals surface area contributed by atoms with Crippen molar-refractivity contribution < 1.29 is 9.53 Å². The minimum Gasteiger partial charge on any atom is -0.379 e. The van der Waals surface area contributed by atoms with Crippen molar-refractivity contribution in [2.75, 3.05) is 50.8 Å². The maximum Gasteiger partial charge on any atom is 0.252 e. The predicted molar refractivity (Wildman–Crippen MR) is 90.0 cm³/mol. The van der Waals surface area contributed by atoms with Gasteiger partial charge in [-0.15, -0.1) is 0 Å². The molecule has 130 valence electrons. The van der Waals surface area contributed by atoms with Gasteiger partial charge in [-0.1, -0.05) is 0 Å². The minimum atomic E-state index is -0.446. The zero-order valence-electron chi connectivity index (χ0n) is 14.0. The van der Waals surface area contributed by atoms with Crippen molar-refractivity contribution in [1.29, 1.82) is 0 Å². The van der Waals surface area contributed by atoms with Crippen LogP contribution in [0.3, 0.4) is 0 Å². The highest BCUT2D eigenvalue weighted by Gasteiger charge is 2.48. The summed E-state index contributed by atoms with van der Waals surface area (Å²) in [6.45, 7) is 6.33. The minimum absolute atomic E-state index is 0.446. The average molecular weight is 331 g/mol. The van der Waals surface area contributed by atoms with E-state index >= 15 is 0 Å². The van der Waals surface area contributed by atoms with Crippen LogP contribution < -0.4 is 10.6 Å². The molecule has 1 aromatic rings. The van der Waals surface area contributed by atoms with E-state index in [0.717, 1.165) is 57.6 Å². The second kappa shape index (κ2) is 6.29. The standard InChI is InChI=1S/C17H25N5O2/c18-15(23)13-11-19-16(22-6-4-17(12-22)2-3-17)20-14(13)1-5-21-7-9-24-10-8-21/h11H,1-10,12H2,(H2,18,23). The summed E-state index contributed by atoms with van der Waals surface area (Å²) in [5.41, 5.74) is 7.27. The van der Waals surface area contributed by atoms with Crippen LogP contribution >= 0.6 is 0 Å². The molecule has 7 heteroatoms. The van der Waals surface area contributed by atoms with E-state index in [0.29, 0.717) is 17.4 Å². The molecule has 1 aliphatic carbocycles. The zero-order chi connectivity index (χ0) is 16.6. The zero-order valence-corrected chi connectivity index (χ0v) is 14.0. The summed E-state index contributed by atoms with van der Waals surface area (Å²) in [7, 11) is 0. The van der Waals surface area contributed by atoms with Gasteiger partial charge in [0.1, 0.15) is 0 Å². The number of nitrogens with zero attached hydrogens (tertiary/aromatic N) is 4. The second-order valence-electron chi connectivity index (χ2n) is 7.27. The van der Waals surface area contributed by atoms with Crippen LogP contribution in [0.2, 0.25) is 0 Å². The first-order chi connectivity index (χ1) is 11.7. The van der Waals surface area contributed by atoms with Crippen LogP contribution in [0.5, 0.6) is 0 Å². The number of anilines is 1. The van der Waals surface area contributed by atoms with Crippen LogP contribution in [-0.4, -0.2) is 66.7 Å². The molecular formula is C17H25N5O2. The fraction of sp³-hybridized carbons (Fsp3) is 0.706. The summed E-state index contributed by atoms with van der Waals surface area (Å²) in [5, 5.41) is 0. The highest BCUT2D eigenvalue weighted by Crippen LogP contribution is 2.52. The van der Waals surface area contributed by atoms with Crippen LogP contribution in [0, 0.1) is 5.41 Å². The van der Waals surface area contributed by atoms with Gasteiger partial charge in [-0.05, 0) is 24.7 Å². The maximum absolute atomic E-state index is 11.7. The molecule has 1 spiro atoms. The molecule has 4 rings (SSSR count). The van der Waals surface area contributed by atoms with Gasteiger partial charge < -0.3 is 15.4 Å². The molecule has 2 saturated heterocycles. The number of primary amides is 1. The largest absolute Gasteiger partial charge is 0.379 e. The number of rotatable bonds is 5. The van der Waals surface area contributed by atoms with Crippen LogP contribution in [-0.2, 0) is 11.2 Å². The van der Waals surface area contributed by atoms with Gasteiger partial charge in [0.25, 0.3) is 5.91 Å². The quantitative estimate of drug-likeness (QED) is 0.843. The lowest BCUT2D eigenvalue weighted by atomic mass is 10.1. The van der Waals surface area contributed by atoms with Crippen LogP contribution in [0.25, 0.3) is 0 Å². The van der Waals surface area contributed by atoms with Gasteiger partial charge in [-0.3, -0.25) is 9.69 Å². The summed E-state index contributed by atoms with van der Waals surface area (Å²) >= 11 is 0. The Morgan fingerprint density at radius 2 is 2.04 bits per heavy atom. The molecule has 0 radical (unpaired) electrons. The molecule has 0 unspecified atom stereocenters. The van der Waals surface area contributed by atoms with Gasteiger partial charge in [0, 0.05) is 45.3 Å². The highest BCUT2D eigenvalue weighted by molar-refractivity contribution is 5.93. The molecular weight excluding hydrogens is 306 g/mol. The van der Waals surface area contributed by atoms with E-state index in [2.05, 4.69) is 14.8 Å². The Morgan fingerprint density at radius 1 is 1.25 bits per heavy atom. The normalized spacial score (nSPS) is 22.9. The Kier molecular flexibility index (Phi) is 4.14. The fourth-order valence-corrected chi connectivity index (χ4v) is 3.73. The van der Waals surface area contributed by atoms with Gasteiger partial charge in [0.2, 0.25) is 5.95 Å². The number of amides is 1. The molecule has 0 atom stereocenters. The first-order valence-electron chi connectivity index (χ1n) is 8.86. The van der Waals surface area contributed by atoms with E-state index in [1.54, 1.807) is 6.20 Å². The average Bonchev–Trinajstić information content (AvgIpc) is 3.22. The number of hydrogen-bond donors (Lipinski definition) is 1. The molecule has 3 fully saturated rings. The molecule has 1 aromatic heterocycles. The van der Waals surface area contributed by atoms with Crippen molar-refractivity contribution in [3.63, 3.8) is 0 Å². The molecule has 1 amide bonds. The number of ether oxygens (including phenoxy) is 1. The molecule has 2 N–H and O–H groups in total. The number of carbonyl (C=O) groups is 1. The summed E-state index contributed by atoms with van der Waals surface area (Å²) in [6, 6.07) is 0.